The van der Waals surface area contributed by atoms with Gasteiger partial charge in [-0.3, -0.25) is 4.74 Å². The molecule has 3 unspecified atom stereocenters. The fourth-order valence-corrected chi connectivity index (χ4v) is 5.17. The van der Waals surface area contributed by atoms with Crippen molar-refractivity contribution in [1.29, 1.82) is 0 Å². The molecular formula is C20H29F5O. The molecule has 0 heterocycles. The van der Waals surface area contributed by atoms with Crippen molar-refractivity contribution in [3.8, 4) is 0 Å². The largest absolute Gasteiger partial charge is 0.522 e. The Balaban J connectivity index is 1.54. The summed E-state index contributed by atoms with van der Waals surface area (Å²) in [5.74, 6) is 1.93. The highest BCUT2D eigenvalue weighted by Crippen LogP contribution is 2.44. The van der Waals surface area contributed by atoms with Crippen molar-refractivity contribution in [1.82, 2.24) is 0 Å². The van der Waals surface area contributed by atoms with Crippen LogP contribution in [0.5, 0.6) is 0 Å². The molecule has 3 atom stereocenters. The van der Waals surface area contributed by atoms with Gasteiger partial charge in [0.25, 0.3) is 0 Å². The molecule has 1 nitrogen and oxygen atoms in total. The van der Waals surface area contributed by atoms with Gasteiger partial charge in [-0.25, -0.2) is 8.78 Å². The minimum absolute atomic E-state index is 0.0708. The zero-order valence-corrected chi connectivity index (χ0v) is 15.3. The second kappa shape index (κ2) is 8.15. The summed E-state index contributed by atoms with van der Waals surface area (Å²) in [5, 5.41) is 0. The van der Waals surface area contributed by atoms with E-state index in [1.54, 1.807) is 0 Å². The van der Waals surface area contributed by atoms with Gasteiger partial charge in [-0.05, 0) is 68.6 Å². The third-order valence-corrected chi connectivity index (χ3v) is 6.74. The van der Waals surface area contributed by atoms with Crippen LogP contribution in [0, 0.1) is 23.7 Å². The Morgan fingerprint density at radius 1 is 0.923 bits per heavy atom. The number of hydrogen-bond donors (Lipinski definition) is 0. The SMILES string of the molecule is CC1CCC(C2CC=C(C3CC(F)C(OC(F)(F)F)C(F)C3)CC2)CC1. The molecule has 0 bridgehead atoms. The Labute approximate surface area is 152 Å². The molecule has 3 aliphatic carbocycles. The normalized spacial score (nSPS) is 42.4. The van der Waals surface area contributed by atoms with Gasteiger partial charge in [0.05, 0.1) is 0 Å². The van der Waals surface area contributed by atoms with E-state index >= 15 is 0 Å². The van der Waals surface area contributed by atoms with Gasteiger partial charge in [0.1, 0.15) is 18.4 Å². The molecule has 0 spiro atoms. The first-order valence-corrected chi connectivity index (χ1v) is 9.94. The van der Waals surface area contributed by atoms with Crippen molar-refractivity contribution >= 4 is 0 Å². The first-order chi connectivity index (χ1) is 12.2. The van der Waals surface area contributed by atoms with Crippen molar-refractivity contribution in [2.45, 2.75) is 89.5 Å². The van der Waals surface area contributed by atoms with Gasteiger partial charge in [-0.15, -0.1) is 13.2 Å². The maximum atomic E-state index is 14.1. The quantitative estimate of drug-likeness (QED) is 0.399. The lowest BCUT2D eigenvalue weighted by atomic mass is 9.69. The molecule has 0 N–H and O–H groups in total. The van der Waals surface area contributed by atoms with Crippen LogP contribution < -0.4 is 0 Å². The van der Waals surface area contributed by atoms with E-state index in [0.29, 0.717) is 5.92 Å². The highest BCUT2D eigenvalue weighted by atomic mass is 19.4. The monoisotopic (exact) mass is 380 g/mol. The number of ether oxygens (including phenoxy) is 1. The molecule has 0 radical (unpaired) electrons. The highest BCUT2D eigenvalue weighted by molar-refractivity contribution is 5.14. The Morgan fingerprint density at radius 3 is 2.04 bits per heavy atom. The molecule has 0 amide bonds. The summed E-state index contributed by atoms with van der Waals surface area (Å²) >= 11 is 0. The second-order valence-electron chi connectivity index (χ2n) is 8.56. The molecule has 0 aromatic heterocycles. The van der Waals surface area contributed by atoms with Crippen LogP contribution in [0.2, 0.25) is 0 Å². The summed E-state index contributed by atoms with van der Waals surface area (Å²) in [6.07, 6.45) is -0.936. The first kappa shape index (κ1) is 20.1. The average Bonchev–Trinajstić information content (AvgIpc) is 2.58. The van der Waals surface area contributed by atoms with Crippen molar-refractivity contribution in [3.05, 3.63) is 11.6 Å². The van der Waals surface area contributed by atoms with E-state index < -0.39 is 24.8 Å². The number of rotatable bonds is 3. The average molecular weight is 380 g/mol. The van der Waals surface area contributed by atoms with Crippen LogP contribution in [0.1, 0.15) is 64.7 Å². The summed E-state index contributed by atoms with van der Waals surface area (Å²) in [6.45, 7) is 2.30. The van der Waals surface area contributed by atoms with E-state index in [-0.39, 0.29) is 18.8 Å². The molecular weight excluding hydrogens is 351 g/mol. The van der Waals surface area contributed by atoms with E-state index in [1.807, 2.05) is 0 Å². The van der Waals surface area contributed by atoms with Crippen molar-refractivity contribution in [2.24, 2.45) is 23.7 Å². The molecule has 26 heavy (non-hydrogen) atoms. The van der Waals surface area contributed by atoms with Gasteiger partial charge < -0.3 is 0 Å². The summed E-state index contributed by atoms with van der Waals surface area (Å²) in [7, 11) is 0. The third-order valence-electron chi connectivity index (χ3n) is 6.74. The maximum absolute atomic E-state index is 14.1. The van der Waals surface area contributed by atoms with Gasteiger partial charge >= 0.3 is 6.36 Å². The van der Waals surface area contributed by atoms with E-state index in [1.165, 1.54) is 25.7 Å². The van der Waals surface area contributed by atoms with Crippen LogP contribution in [0.4, 0.5) is 22.0 Å². The van der Waals surface area contributed by atoms with Crippen LogP contribution in [-0.4, -0.2) is 24.8 Å². The molecule has 150 valence electrons. The van der Waals surface area contributed by atoms with E-state index in [2.05, 4.69) is 17.7 Å². The summed E-state index contributed by atoms with van der Waals surface area (Å²) < 4.78 is 68.9. The van der Waals surface area contributed by atoms with Gasteiger partial charge in [0.15, 0.2) is 0 Å². The van der Waals surface area contributed by atoms with E-state index in [4.69, 9.17) is 0 Å². The summed E-state index contributed by atoms with van der Waals surface area (Å²) in [5.41, 5.74) is 1.04. The summed E-state index contributed by atoms with van der Waals surface area (Å²) in [4.78, 5) is 0. The topological polar surface area (TPSA) is 9.23 Å². The minimum atomic E-state index is -5.00. The molecule has 0 aromatic carbocycles. The molecule has 3 rings (SSSR count). The summed E-state index contributed by atoms with van der Waals surface area (Å²) in [6, 6.07) is 0. The molecule has 3 aliphatic rings. The van der Waals surface area contributed by atoms with Gasteiger partial charge in [-0.1, -0.05) is 31.4 Å². The first-order valence-electron chi connectivity index (χ1n) is 9.94. The zero-order chi connectivity index (χ0) is 18.9. The molecule has 0 saturated heterocycles. The minimum Gasteiger partial charge on any atom is -0.282 e. The lowest BCUT2D eigenvalue weighted by molar-refractivity contribution is -0.358. The lowest BCUT2D eigenvalue weighted by Crippen LogP contribution is -2.45. The highest BCUT2D eigenvalue weighted by Gasteiger charge is 2.46. The number of allylic oxidation sites excluding steroid dienone is 2. The van der Waals surface area contributed by atoms with Gasteiger partial charge in [0, 0.05) is 0 Å². The number of hydrogen-bond acceptors (Lipinski definition) is 1. The van der Waals surface area contributed by atoms with Crippen molar-refractivity contribution in [2.75, 3.05) is 0 Å². The van der Waals surface area contributed by atoms with Gasteiger partial charge in [-0.2, -0.15) is 0 Å². The molecule has 0 aromatic rings. The van der Waals surface area contributed by atoms with E-state index in [9.17, 15) is 22.0 Å². The lowest BCUT2D eigenvalue weighted by Gasteiger charge is -2.39. The third kappa shape index (κ3) is 4.99. The van der Waals surface area contributed by atoms with Crippen molar-refractivity contribution < 1.29 is 26.7 Å². The molecule has 2 fully saturated rings. The predicted molar refractivity (Wildman–Crippen MR) is 90.0 cm³/mol. The Morgan fingerprint density at radius 2 is 1.54 bits per heavy atom. The number of alkyl halides is 5. The molecule has 2 saturated carbocycles. The fourth-order valence-electron chi connectivity index (χ4n) is 5.17. The molecule has 6 heteroatoms. The van der Waals surface area contributed by atoms with Crippen LogP contribution in [-0.2, 0) is 4.74 Å². The van der Waals surface area contributed by atoms with Gasteiger partial charge in [0.2, 0.25) is 0 Å². The smallest absolute Gasteiger partial charge is 0.282 e. The van der Waals surface area contributed by atoms with E-state index in [0.717, 1.165) is 36.7 Å². The Bertz CT molecular complexity index is 483. The predicted octanol–water partition coefficient (Wildman–Crippen LogP) is 6.53. The molecule has 0 aliphatic heterocycles. The Kier molecular flexibility index (Phi) is 6.30. The van der Waals surface area contributed by atoms with Crippen LogP contribution >= 0.6 is 0 Å². The Hall–Kier alpha value is -0.650. The van der Waals surface area contributed by atoms with Crippen LogP contribution in [0.25, 0.3) is 0 Å². The standard InChI is InChI=1S/C20H29F5O/c1-12-2-4-13(5-3-12)14-6-8-15(9-7-14)16-10-17(21)19(18(22)11-16)26-20(23,24)25/h8,12-14,16-19H,2-7,9-11H2,1H3. The second-order valence-corrected chi connectivity index (χ2v) is 8.56. The van der Waals surface area contributed by atoms with Crippen LogP contribution in [0.15, 0.2) is 11.6 Å². The maximum Gasteiger partial charge on any atom is 0.522 e. The van der Waals surface area contributed by atoms with Crippen molar-refractivity contribution in [3.63, 3.8) is 0 Å². The number of halogens is 5. The fraction of sp³-hybridized carbons (Fsp3) is 0.900. The van der Waals surface area contributed by atoms with Crippen LogP contribution in [0.3, 0.4) is 0 Å². The zero-order valence-electron chi connectivity index (χ0n) is 15.3.